The number of benzene rings is 1. The molecule has 1 radical (unpaired) electrons. The van der Waals surface area contributed by atoms with Crippen molar-refractivity contribution in [2.75, 3.05) is 0 Å². The van der Waals surface area contributed by atoms with Gasteiger partial charge in [0, 0.05) is 5.41 Å². The fourth-order valence-electron chi connectivity index (χ4n) is 7.92. The fourth-order valence-corrected chi connectivity index (χ4v) is 7.92. The molecule has 183 valence electrons. The number of phenolic OH excluding ortho intramolecular Hbond substituents is 1. The summed E-state index contributed by atoms with van der Waals surface area (Å²) in [6.45, 7) is 9.50. The molecular weight excluding hydrogens is 426 g/mol. The molecule has 6 atom stereocenters. The molecule has 5 rings (SSSR count). The Kier molecular flexibility index (Phi) is 5.32. The number of phenols is 1. The third kappa shape index (κ3) is 3.30. The van der Waals surface area contributed by atoms with Crippen molar-refractivity contribution in [2.45, 2.75) is 102 Å². The Morgan fingerprint density at radius 2 is 1.82 bits per heavy atom. The number of hydroxylamine groups is 2. The van der Waals surface area contributed by atoms with Crippen molar-refractivity contribution < 1.29 is 20.5 Å². The SMILES string of the molecule is CC1(C)C=C(C(O)C#C[C@]2(O)CC[C@H]3[C@@H]4CCc5cc(O)ccc5[C@H]4CC[C@@]32C)C(C)(C)N1[O]. The molecule has 2 saturated carbocycles. The van der Waals surface area contributed by atoms with Gasteiger partial charge in [-0.15, -0.1) is 10.3 Å². The quantitative estimate of drug-likeness (QED) is 0.422. The van der Waals surface area contributed by atoms with Crippen LogP contribution in [-0.4, -0.2) is 43.2 Å². The van der Waals surface area contributed by atoms with Crippen molar-refractivity contribution in [3.05, 3.63) is 41.0 Å². The number of aryl methyl sites for hydroxylation is 1. The van der Waals surface area contributed by atoms with Crippen LogP contribution < -0.4 is 0 Å². The van der Waals surface area contributed by atoms with Gasteiger partial charge < -0.3 is 15.3 Å². The van der Waals surface area contributed by atoms with Gasteiger partial charge in [-0.3, -0.25) is 0 Å². The minimum absolute atomic E-state index is 0.321. The average molecular weight is 465 g/mol. The van der Waals surface area contributed by atoms with Gasteiger partial charge in [0.2, 0.25) is 0 Å². The first-order valence-electron chi connectivity index (χ1n) is 12.8. The van der Waals surface area contributed by atoms with E-state index in [1.165, 1.54) is 11.1 Å². The van der Waals surface area contributed by atoms with E-state index in [0.29, 0.717) is 35.5 Å². The zero-order valence-electron chi connectivity index (χ0n) is 21.1. The molecule has 5 nitrogen and oxygen atoms in total. The predicted molar refractivity (Wildman–Crippen MR) is 130 cm³/mol. The first kappa shape index (κ1) is 23.9. The molecule has 3 N–H and O–H groups in total. The molecule has 0 amide bonds. The first-order chi connectivity index (χ1) is 15.8. The number of aliphatic hydroxyl groups is 2. The van der Waals surface area contributed by atoms with Gasteiger partial charge in [0.1, 0.15) is 17.5 Å². The van der Waals surface area contributed by atoms with E-state index in [4.69, 9.17) is 0 Å². The average Bonchev–Trinajstić information content (AvgIpc) is 3.14. The Bertz CT molecular complexity index is 1100. The Morgan fingerprint density at radius 1 is 1.09 bits per heavy atom. The Hall–Kier alpha value is -1.84. The van der Waals surface area contributed by atoms with Crippen LogP contribution in [0.25, 0.3) is 0 Å². The molecule has 0 saturated heterocycles. The number of aromatic hydroxyl groups is 1. The minimum Gasteiger partial charge on any atom is -0.508 e. The molecule has 1 heterocycles. The number of aliphatic hydroxyl groups excluding tert-OH is 1. The smallest absolute Gasteiger partial charge is 0.138 e. The van der Waals surface area contributed by atoms with Crippen molar-refractivity contribution in [3.63, 3.8) is 0 Å². The second-order valence-electron chi connectivity index (χ2n) is 12.4. The summed E-state index contributed by atoms with van der Waals surface area (Å²) < 4.78 is 0. The fraction of sp³-hybridized carbons (Fsp3) is 0.655. The molecule has 2 fully saturated rings. The van der Waals surface area contributed by atoms with E-state index < -0.39 is 22.8 Å². The van der Waals surface area contributed by atoms with Gasteiger partial charge in [-0.1, -0.05) is 30.9 Å². The highest BCUT2D eigenvalue weighted by molar-refractivity contribution is 5.42. The lowest BCUT2D eigenvalue weighted by molar-refractivity contribution is -0.239. The van der Waals surface area contributed by atoms with Gasteiger partial charge in [0.05, 0.1) is 11.1 Å². The molecule has 34 heavy (non-hydrogen) atoms. The lowest BCUT2D eigenvalue weighted by atomic mass is 9.53. The molecule has 1 aromatic carbocycles. The Balaban J connectivity index is 1.41. The maximum atomic E-state index is 12.7. The topological polar surface area (TPSA) is 83.8 Å². The van der Waals surface area contributed by atoms with Crippen LogP contribution in [0.2, 0.25) is 0 Å². The molecule has 0 spiro atoms. The van der Waals surface area contributed by atoms with Crippen molar-refractivity contribution in [2.24, 2.45) is 17.3 Å². The van der Waals surface area contributed by atoms with Gasteiger partial charge in [-0.2, -0.15) is 0 Å². The number of hydrogen-bond donors (Lipinski definition) is 3. The van der Waals surface area contributed by atoms with E-state index in [1.54, 1.807) is 6.07 Å². The predicted octanol–water partition coefficient (Wildman–Crippen LogP) is 4.49. The van der Waals surface area contributed by atoms with Crippen LogP contribution in [0.3, 0.4) is 0 Å². The van der Waals surface area contributed by atoms with Gasteiger partial charge in [0.15, 0.2) is 0 Å². The second-order valence-corrected chi connectivity index (χ2v) is 12.4. The van der Waals surface area contributed by atoms with Crippen LogP contribution >= 0.6 is 0 Å². The van der Waals surface area contributed by atoms with Crippen molar-refractivity contribution in [1.29, 1.82) is 0 Å². The summed E-state index contributed by atoms with van der Waals surface area (Å²) in [5.41, 5.74) is 0.240. The highest BCUT2D eigenvalue weighted by Crippen LogP contribution is 2.64. The summed E-state index contributed by atoms with van der Waals surface area (Å²) in [6.07, 6.45) is 6.21. The maximum Gasteiger partial charge on any atom is 0.138 e. The highest BCUT2D eigenvalue weighted by atomic mass is 16.5. The molecular formula is C29H38NO4. The van der Waals surface area contributed by atoms with E-state index in [9.17, 15) is 20.5 Å². The number of fused-ring (bicyclic) bond motifs is 5. The van der Waals surface area contributed by atoms with E-state index in [2.05, 4.69) is 24.8 Å². The number of nitrogens with zero attached hydrogens (tertiary/aromatic N) is 1. The normalized spacial score (nSPS) is 38.7. The molecule has 0 bridgehead atoms. The third-order valence-corrected chi connectivity index (χ3v) is 9.82. The van der Waals surface area contributed by atoms with E-state index >= 15 is 0 Å². The molecule has 1 aromatic rings. The monoisotopic (exact) mass is 464 g/mol. The zero-order chi connectivity index (χ0) is 24.7. The van der Waals surface area contributed by atoms with Crippen LogP contribution in [0, 0.1) is 29.1 Å². The zero-order valence-corrected chi connectivity index (χ0v) is 21.1. The Morgan fingerprint density at radius 3 is 2.50 bits per heavy atom. The second kappa shape index (κ2) is 7.58. The summed E-state index contributed by atoms with van der Waals surface area (Å²) in [7, 11) is 0. The largest absolute Gasteiger partial charge is 0.508 e. The summed E-state index contributed by atoms with van der Waals surface area (Å²) >= 11 is 0. The van der Waals surface area contributed by atoms with Crippen LogP contribution in [0.1, 0.15) is 83.8 Å². The van der Waals surface area contributed by atoms with Crippen LogP contribution in [0.15, 0.2) is 29.8 Å². The van der Waals surface area contributed by atoms with Crippen molar-refractivity contribution >= 4 is 0 Å². The van der Waals surface area contributed by atoms with E-state index in [0.717, 1.165) is 37.2 Å². The highest BCUT2D eigenvalue weighted by Gasteiger charge is 2.61. The van der Waals surface area contributed by atoms with Gasteiger partial charge >= 0.3 is 0 Å². The number of rotatable bonds is 1. The summed E-state index contributed by atoms with van der Waals surface area (Å²) in [5, 5.41) is 46.4. The molecule has 0 aromatic heterocycles. The first-order valence-corrected chi connectivity index (χ1v) is 12.8. The summed E-state index contributed by atoms with van der Waals surface area (Å²) in [5.74, 6) is 7.79. The maximum absolute atomic E-state index is 12.7. The third-order valence-electron chi connectivity index (χ3n) is 9.82. The summed E-state index contributed by atoms with van der Waals surface area (Å²) in [4.78, 5) is 0. The van der Waals surface area contributed by atoms with E-state index in [1.807, 2.05) is 39.8 Å². The molecule has 1 unspecified atom stereocenters. The van der Waals surface area contributed by atoms with Crippen molar-refractivity contribution in [3.8, 4) is 17.6 Å². The minimum atomic E-state index is -1.14. The molecule has 3 aliphatic carbocycles. The van der Waals surface area contributed by atoms with Crippen LogP contribution in [-0.2, 0) is 11.6 Å². The summed E-state index contributed by atoms with van der Waals surface area (Å²) in [6, 6.07) is 5.82. The van der Waals surface area contributed by atoms with Crippen LogP contribution in [0.4, 0.5) is 0 Å². The van der Waals surface area contributed by atoms with Crippen LogP contribution in [0.5, 0.6) is 5.75 Å². The lowest BCUT2D eigenvalue weighted by Gasteiger charge is -2.52. The van der Waals surface area contributed by atoms with Gasteiger partial charge in [-0.05, 0) is 113 Å². The standard InChI is InChI=1S/C29H38NO4/c1-26(2)17-24(27(3,4)30(26)34)25(32)12-15-29(33)14-11-23-22-8-6-18-16-19(31)7-9-20(18)21(22)10-13-28(23,29)5/h7,9,16-17,21-23,25,31-33H,6,8,10-11,13-14H2,1-5H3/t21-,22-,23+,25?,28+,29-/m1/s1. The molecule has 4 aliphatic rings. The number of hydrogen-bond acceptors (Lipinski definition) is 4. The molecule has 5 heteroatoms. The lowest BCUT2D eigenvalue weighted by Crippen LogP contribution is -2.50. The van der Waals surface area contributed by atoms with Crippen molar-refractivity contribution in [1.82, 2.24) is 5.06 Å². The van der Waals surface area contributed by atoms with Gasteiger partial charge in [-0.25, -0.2) is 0 Å². The van der Waals surface area contributed by atoms with Gasteiger partial charge in [0.25, 0.3) is 0 Å². The Labute approximate surface area is 203 Å². The van der Waals surface area contributed by atoms with E-state index in [-0.39, 0.29) is 5.41 Å². The molecule has 1 aliphatic heterocycles.